The Hall–Kier alpha value is -11.8. The second kappa shape index (κ2) is 26.2. The largest absolute Gasteiger partial charge is 0.505 e. The van der Waals surface area contributed by atoms with Crippen molar-refractivity contribution >= 4 is 101 Å². The molecule has 480 valence electrons. The van der Waals surface area contributed by atoms with Crippen molar-refractivity contribution in [2.24, 2.45) is 0 Å². The third-order valence-corrected chi connectivity index (χ3v) is 18.4. The van der Waals surface area contributed by atoms with Crippen molar-refractivity contribution in [3.8, 4) is 34.3 Å². The molecule has 0 amide bonds. The van der Waals surface area contributed by atoms with Crippen LogP contribution in [0.1, 0.15) is 0 Å². The number of halogens is 7. The topological polar surface area (TPSA) is 217 Å². The van der Waals surface area contributed by atoms with Gasteiger partial charge in [0.25, 0.3) is 16.7 Å². The molecule has 0 spiro atoms. The lowest BCUT2D eigenvalue weighted by atomic mass is 10.1. The molecule has 15 nitrogen and oxygen atoms in total. The van der Waals surface area contributed by atoms with Gasteiger partial charge in [-0.25, -0.2) is 45.1 Å². The summed E-state index contributed by atoms with van der Waals surface area (Å²) in [5.74, 6) is -11.0. The molecule has 0 atom stereocenters. The molecule has 0 fully saturated rings. The number of hydrogen-bond acceptors (Lipinski definition) is 15. The first-order valence-corrected chi connectivity index (χ1v) is 31.0. The number of benzene rings is 9. The summed E-state index contributed by atoms with van der Waals surface area (Å²) < 4.78 is 117. The summed E-state index contributed by atoms with van der Waals surface area (Å²) in [7, 11) is 0. The van der Waals surface area contributed by atoms with Crippen molar-refractivity contribution < 1.29 is 59.3 Å². The van der Waals surface area contributed by atoms with Gasteiger partial charge in [0.05, 0.1) is 21.4 Å². The number of rotatable bonds is 9. The molecule has 0 aliphatic carbocycles. The Kier molecular flexibility index (Phi) is 17.3. The molecule has 25 heteroatoms. The molecule has 97 heavy (non-hydrogen) atoms. The second-order valence-corrected chi connectivity index (χ2v) is 24.1. The van der Waals surface area contributed by atoms with Crippen molar-refractivity contribution in [1.29, 1.82) is 0 Å². The monoisotopic (exact) mass is 1370 g/mol. The van der Waals surface area contributed by atoms with Gasteiger partial charge >= 0.3 is 16.9 Å². The van der Waals surface area contributed by atoms with Gasteiger partial charge in [-0.3, -0.25) is 28.1 Å². The van der Waals surface area contributed by atoms with E-state index in [9.17, 15) is 74.8 Å². The number of nitrogens with zero attached hydrogens (tertiary/aromatic N) is 3. The maximum absolute atomic E-state index is 14.2. The van der Waals surface area contributed by atoms with E-state index in [0.717, 1.165) is 23.9 Å². The van der Waals surface area contributed by atoms with Crippen molar-refractivity contribution in [3.63, 3.8) is 0 Å². The van der Waals surface area contributed by atoms with Gasteiger partial charge in [-0.1, -0.05) is 126 Å². The molecule has 15 rings (SSSR count). The molecule has 6 aromatic heterocycles. The lowest BCUT2D eigenvalue weighted by Crippen LogP contribution is -2.20. The van der Waals surface area contributed by atoms with Crippen molar-refractivity contribution in [2.45, 2.75) is 29.4 Å². The van der Waals surface area contributed by atoms with Crippen LogP contribution in [0.3, 0.4) is 0 Å². The summed E-state index contributed by atoms with van der Waals surface area (Å²) in [4.78, 5) is 76.5. The standard InChI is InChI=1S/C24H11F4NO4S.C24H13F2NO4S.C24H14FNO4S/c25-13-10-14(26)18(28)21(17(13)27)34-22-19(30)16-20(33-24(22)32)12-8-4-5-9-15(12)29(23(16)31)11-6-2-1-3-7-11;25-13-10-11-18(16(26)12-13)32-22-20(28)19-21(31-24(22)30)15-8-4-5-9-17(15)27(23(19)29)14-6-2-1-3-7-14;25-14-10-12-16(13-11-14)31-22-20(27)19-21(30-24(22)29)17-8-4-5-9-18(17)26(23(19)28)15-6-2-1-3-7-15/h1-10,30H;1-12,28H;1-13,27H. The highest BCUT2D eigenvalue weighted by Crippen LogP contribution is 2.43. The van der Waals surface area contributed by atoms with E-state index in [1.54, 1.807) is 146 Å². The quantitative estimate of drug-likeness (QED) is 0.0696. The predicted octanol–water partition coefficient (Wildman–Crippen LogP) is 15.8. The molecular formula is C72H38F7N3O12S3. The Morgan fingerprint density at radius 3 is 1.02 bits per heavy atom. The summed E-state index contributed by atoms with van der Waals surface area (Å²) >= 11 is 1.39. The summed E-state index contributed by atoms with van der Waals surface area (Å²) in [6.45, 7) is 0. The average Bonchev–Trinajstić information content (AvgIpc) is 0.746. The maximum atomic E-state index is 14.2. The van der Waals surface area contributed by atoms with E-state index in [2.05, 4.69) is 0 Å². The SMILES string of the molecule is O=c1oc2c(c(O)c1Sc1c(F)c(F)cc(F)c1F)c(=O)n(-c1ccccc1)c1ccccc21.O=c1oc2c(c(O)c1Sc1ccc(F)cc1)c(=O)n(-c1ccccc1)c1ccccc21.O=c1oc2c(c(O)c1Sc1ccc(F)cc1F)c(=O)n(-c1ccccc1)c1ccccc21. The van der Waals surface area contributed by atoms with E-state index in [4.69, 9.17) is 13.3 Å². The molecule has 0 radical (unpaired) electrons. The molecule has 0 bridgehead atoms. The third kappa shape index (κ3) is 11.7. The van der Waals surface area contributed by atoms with E-state index < -0.39 is 107 Å². The van der Waals surface area contributed by atoms with Crippen LogP contribution in [-0.4, -0.2) is 29.0 Å². The summed E-state index contributed by atoms with van der Waals surface area (Å²) in [5.41, 5.74) is -2.13. The minimum Gasteiger partial charge on any atom is -0.505 e. The van der Waals surface area contributed by atoms with Crippen LogP contribution < -0.4 is 33.6 Å². The Balaban J connectivity index is 0.000000131. The Bertz CT molecular complexity index is 6070. The van der Waals surface area contributed by atoms with Gasteiger partial charge in [0.15, 0.2) is 57.3 Å². The summed E-state index contributed by atoms with van der Waals surface area (Å²) in [6.07, 6.45) is 0. The molecule has 6 heterocycles. The lowest BCUT2D eigenvalue weighted by molar-refractivity contribution is 0.424. The highest BCUT2D eigenvalue weighted by Gasteiger charge is 2.29. The molecule has 0 saturated heterocycles. The fourth-order valence-corrected chi connectivity index (χ4v) is 13.3. The van der Waals surface area contributed by atoms with Crippen LogP contribution in [0.2, 0.25) is 0 Å². The molecular weight excluding hydrogens is 1330 g/mol. The van der Waals surface area contributed by atoms with Gasteiger partial charge in [-0.15, -0.1) is 0 Å². The number of pyridine rings is 3. The van der Waals surface area contributed by atoms with E-state index in [1.807, 2.05) is 18.2 Å². The normalized spacial score (nSPS) is 11.3. The molecule has 0 unspecified atom stereocenters. The number of fused-ring (bicyclic) bond motifs is 9. The van der Waals surface area contributed by atoms with Crippen LogP contribution in [0.15, 0.2) is 284 Å². The van der Waals surface area contributed by atoms with E-state index in [-0.39, 0.29) is 60.0 Å². The van der Waals surface area contributed by atoms with Crippen molar-refractivity contribution in [3.05, 3.63) is 315 Å². The first kappa shape index (κ1) is 63.9. The van der Waals surface area contributed by atoms with Gasteiger partial charge in [0.2, 0.25) is 0 Å². The smallest absolute Gasteiger partial charge is 0.354 e. The van der Waals surface area contributed by atoms with E-state index in [1.165, 1.54) is 38.0 Å². The maximum Gasteiger partial charge on any atom is 0.354 e. The predicted molar refractivity (Wildman–Crippen MR) is 353 cm³/mol. The molecule has 9 aromatic carbocycles. The molecule has 3 N–H and O–H groups in total. The van der Waals surface area contributed by atoms with Gasteiger partial charge < -0.3 is 28.6 Å². The Labute approximate surface area is 550 Å². The lowest BCUT2D eigenvalue weighted by Gasteiger charge is -2.14. The van der Waals surface area contributed by atoms with Crippen molar-refractivity contribution in [1.82, 2.24) is 13.7 Å². The first-order valence-electron chi connectivity index (χ1n) is 28.5. The van der Waals surface area contributed by atoms with Gasteiger partial charge in [0, 0.05) is 55.1 Å². The molecule has 0 aliphatic heterocycles. The van der Waals surface area contributed by atoms with Crippen molar-refractivity contribution in [2.75, 3.05) is 0 Å². The summed E-state index contributed by atoms with van der Waals surface area (Å²) in [5, 5.41) is 33.4. The van der Waals surface area contributed by atoms with E-state index in [0.29, 0.717) is 72.5 Å². The van der Waals surface area contributed by atoms with Gasteiger partial charge in [0.1, 0.15) is 48.3 Å². The fourth-order valence-electron chi connectivity index (χ4n) is 10.7. The number of para-hydroxylation sites is 6. The van der Waals surface area contributed by atoms with Crippen LogP contribution in [0.4, 0.5) is 30.7 Å². The van der Waals surface area contributed by atoms with Crippen LogP contribution in [0, 0.1) is 40.7 Å². The van der Waals surface area contributed by atoms with Crippen LogP contribution >= 0.6 is 35.3 Å². The van der Waals surface area contributed by atoms with Crippen LogP contribution in [-0.2, 0) is 0 Å². The Morgan fingerprint density at radius 1 is 0.320 bits per heavy atom. The molecule has 0 saturated carbocycles. The zero-order valence-corrected chi connectivity index (χ0v) is 51.4. The zero-order valence-electron chi connectivity index (χ0n) is 48.9. The van der Waals surface area contributed by atoms with Crippen LogP contribution in [0.5, 0.6) is 17.2 Å². The zero-order chi connectivity index (χ0) is 68.1. The van der Waals surface area contributed by atoms with Gasteiger partial charge in [-0.2, -0.15) is 0 Å². The minimum atomic E-state index is -1.76. The third-order valence-electron chi connectivity index (χ3n) is 15.1. The Morgan fingerprint density at radius 2 is 0.649 bits per heavy atom. The highest BCUT2D eigenvalue weighted by atomic mass is 32.2. The number of hydrogen-bond donors (Lipinski definition) is 3. The van der Waals surface area contributed by atoms with E-state index >= 15 is 0 Å². The fraction of sp³-hybridized carbons (Fsp3) is 0. The highest BCUT2D eigenvalue weighted by molar-refractivity contribution is 8.00. The molecule has 0 aliphatic rings. The molecule has 15 aromatic rings. The summed E-state index contributed by atoms with van der Waals surface area (Å²) in [6, 6.07) is 54.9. The second-order valence-electron chi connectivity index (χ2n) is 20.9. The number of aromatic nitrogens is 3. The average molecular weight is 1370 g/mol. The minimum absolute atomic E-state index is 0.0160. The first-order chi connectivity index (χ1) is 46.8. The van der Waals surface area contributed by atoms with Gasteiger partial charge in [-0.05, 0) is 109 Å². The number of aromatic hydroxyl groups is 3. The van der Waals surface area contributed by atoms with Crippen LogP contribution in [0.25, 0.3) is 82.7 Å².